The van der Waals surface area contributed by atoms with Crippen LogP contribution in [0.4, 0.5) is 5.69 Å². The zero-order chi connectivity index (χ0) is 29.3. The number of nitro groups is 1. The third-order valence-electron chi connectivity index (χ3n) is 5.94. The van der Waals surface area contributed by atoms with E-state index >= 15 is 0 Å². The molecule has 208 valence electrons. The Morgan fingerprint density at radius 3 is 2.78 bits per heavy atom. The van der Waals surface area contributed by atoms with E-state index < -0.39 is 28.2 Å². The van der Waals surface area contributed by atoms with Crippen LogP contribution in [0, 0.1) is 10.1 Å². The van der Waals surface area contributed by atoms with Gasteiger partial charge in [0.2, 0.25) is 11.6 Å². The van der Waals surface area contributed by atoms with Crippen molar-refractivity contribution < 1.29 is 23.6 Å². The minimum atomic E-state index is -1.16. The van der Waals surface area contributed by atoms with E-state index in [0.29, 0.717) is 31.4 Å². The van der Waals surface area contributed by atoms with Crippen molar-refractivity contribution in [2.75, 3.05) is 6.61 Å². The van der Waals surface area contributed by atoms with Gasteiger partial charge in [-0.15, -0.1) is 0 Å². The monoisotopic (exact) mass is 638 g/mol. The Kier molecular flexibility index (Phi) is 7.86. The zero-order valence-corrected chi connectivity index (χ0v) is 23.9. The minimum Gasteiger partial charge on any atom is -0.471 e. The number of esters is 1. The molecule has 0 aliphatic carbocycles. The highest BCUT2D eigenvalue weighted by Gasteiger charge is 2.26. The lowest BCUT2D eigenvalue weighted by Crippen LogP contribution is -2.27. The van der Waals surface area contributed by atoms with E-state index in [2.05, 4.69) is 26.0 Å². The molecule has 2 aromatic heterocycles. The van der Waals surface area contributed by atoms with Crippen molar-refractivity contribution in [1.29, 1.82) is 0 Å². The van der Waals surface area contributed by atoms with Crippen LogP contribution >= 0.6 is 27.5 Å². The maximum absolute atomic E-state index is 13.6. The second kappa shape index (κ2) is 11.5. The van der Waals surface area contributed by atoms with Gasteiger partial charge >= 0.3 is 11.7 Å². The molecule has 0 aliphatic rings. The number of rotatable bonds is 8. The number of halogens is 2. The Bertz CT molecular complexity index is 1920. The van der Waals surface area contributed by atoms with Crippen LogP contribution in [0.25, 0.3) is 33.5 Å². The fourth-order valence-electron chi connectivity index (χ4n) is 4.08. The fourth-order valence-corrected chi connectivity index (χ4v) is 4.72. The summed E-state index contributed by atoms with van der Waals surface area (Å²) in [7, 11) is 0. The largest absolute Gasteiger partial charge is 0.471 e. The molecular weight excluding hydrogens is 620 g/mol. The molecule has 1 atom stereocenters. The van der Waals surface area contributed by atoms with Gasteiger partial charge in [0, 0.05) is 26.5 Å². The highest BCUT2D eigenvalue weighted by atomic mass is 79.9. The van der Waals surface area contributed by atoms with Crippen LogP contribution in [0.2, 0.25) is 5.02 Å². The standard InChI is InChI=1S/C28H20BrClN4O7/c1-3-39-28(36)15(2)40-25-17(10-18(29)13-22(25)34(37)38)14-31-33-26(32-21-7-5-4-6-20(21)27(33)35)24-12-16-11-19(30)8-9-23(16)41-24/h4-15H,3H2,1-2H3/t15-/m1/s1. The van der Waals surface area contributed by atoms with Gasteiger partial charge in [-0.25, -0.2) is 9.78 Å². The van der Waals surface area contributed by atoms with E-state index in [1.54, 1.807) is 55.5 Å². The average Bonchev–Trinajstić information content (AvgIpc) is 3.36. The summed E-state index contributed by atoms with van der Waals surface area (Å²) < 4.78 is 18.0. The number of carbonyl (C=O) groups is 1. The summed E-state index contributed by atoms with van der Waals surface area (Å²) in [5, 5.41) is 17.7. The van der Waals surface area contributed by atoms with E-state index in [4.69, 9.17) is 25.5 Å². The van der Waals surface area contributed by atoms with Crippen molar-refractivity contribution in [3.05, 3.63) is 96.2 Å². The van der Waals surface area contributed by atoms with Crippen molar-refractivity contribution in [1.82, 2.24) is 9.66 Å². The predicted octanol–water partition coefficient (Wildman–Crippen LogP) is 6.35. The van der Waals surface area contributed by atoms with Crippen molar-refractivity contribution >= 4 is 67.3 Å². The lowest BCUT2D eigenvalue weighted by atomic mass is 10.2. The lowest BCUT2D eigenvalue weighted by Gasteiger charge is -2.15. The highest BCUT2D eigenvalue weighted by molar-refractivity contribution is 9.10. The van der Waals surface area contributed by atoms with Gasteiger partial charge in [0.05, 0.1) is 28.6 Å². The molecule has 0 bridgehead atoms. The molecule has 5 rings (SSSR count). The van der Waals surface area contributed by atoms with Gasteiger partial charge in [-0.3, -0.25) is 14.9 Å². The molecule has 0 unspecified atom stereocenters. The van der Waals surface area contributed by atoms with Gasteiger partial charge in [0.1, 0.15) is 5.58 Å². The summed E-state index contributed by atoms with van der Waals surface area (Å²) >= 11 is 9.40. The molecule has 0 N–H and O–H groups in total. The van der Waals surface area contributed by atoms with Crippen LogP contribution in [0.5, 0.6) is 5.75 Å². The minimum absolute atomic E-state index is 0.0872. The zero-order valence-electron chi connectivity index (χ0n) is 21.5. The molecule has 0 saturated heterocycles. The Labute approximate surface area is 245 Å². The van der Waals surface area contributed by atoms with Crippen molar-refractivity contribution in [2.45, 2.75) is 20.0 Å². The van der Waals surface area contributed by atoms with Crippen LogP contribution in [0.3, 0.4) is 0 Å². The van der Waals surface area contributed by atoms with E-state index in [-0.39, 0.29) is 29.5 Å². The molecule has 2 heterocycles. The highest BCUT2D eigenvalue weighted by Crippen LogP contribution is 2.35. The number of ether oxygens (including phenoxy) is 2. The summed E-state index contributed by atoms with van der Waals surface area (Å²) in [5.41, 5.74) is 0.128. The Balaban J connectivity index is 1.69. The number of para-hydroxylation sites is 1. The first-order valence-electron chi connectivity index (χ1n) is 12.2. The summed E-state index contributed by atoms with van der Waals surface area (Å²) in [5.74, 6) is -0.599. The van der Waals surface area contributed by atoms with Gasteiger partial charge in [0.15, 0.2) is 11.9 Å². The lowest BCUT2D eigenvalue weighted by molar-refractivity contribution is -0.386. The molecule has 5 aromatic rings. The molecule has 0 spiro atoms. The first-order chi connectivity index (χ1) is 19.7. The number of hydrogen-bond acceptors (Lipinski definition) is 9. The molecule has 0 saturated carbocycles. The molecule has 41 heavy (non-hydrogen) atoms. The quantitative estimate of drug-likeness (QED) is 0.0829. The number of hydrogen-bond donors (Lipinski definition) is 0. The molecule has 0 radical (unpaired) electrons. The van der Waals surface area contributed by atoms with Gasteiger partial charge in [-0.2, -0.15) is 9.78 Å². The van der Waals surface area contributed by atoms with E-state index in [9.17, 15) is 19.7 Å². The second-order valence-electron chi connectivity index (χ2n) is 8.72. The van der Waals surface area contributed by atoms with Crippen molar-refractivity contribution in [3.63, 3.8) is 0 Å². The maximum Gasteiger partial charge on any atom is 0.347 e. The summed E-state index contributed by atoms with van der Waals surface area (Å²) in [4.78, 5) is 41.7. The molecular formula is C28H20BrClN4O7. The molecule has 3 aromatic carbocycles. The molecule has 13 heteroatoms. The topological polar surface area (TPSA) is 139 Å². The van der Waals surface area contributed by atoms with Crippen molar-refractivity contribution in [2.24, 2.45) is 5.10 Å². The third kappa shape index (κ3) is 5.70. The van der Waals surface area contributed by atoms with Crippen molar-refractivity contribution in [3.8, 4) is 17.3 Å². The number of nitrogens with zero attached hydrogens (tertiary/aromatic N) is 4. The van der Waals surface area contributed by atoms with Crippen LogP contribution in [-0.4, -0.2) is 39.5 Å². The first kappa shape index (κ1) is 28.0. The summed E-state index contributed by atoms with van der Waals surface area (Å²) in [6.45, 7) is 3.15. The normalized spacial score (nSPS) is 12.2. The number of nitro benzene ring substituents is 1. The van der Waals surface area contributed by atoms with Gasteiger partial charge < -0.3 is 13.9 Å². The molecule has 0 fully saturated rings. The third-order valence-corrected chi connectivity index (χ3v) is 6.63. The Morgan fingerprint density at radius 1 is 1.24 bits per heavy atom. The number of fused-ring (bicyclic) bond motifs is 2. The first-order valence-corrected chi connectivity index (χ1v) is 13.4. The molecule has 0 aliphatic heterocycles. The second-order valence-corrected chi connectivity index (χ2v) is 10.1. The number of benzene rings is 3. The number of furan rings is 1. The van der Waals surface area contributed by atoms with Gasteiger partial charge in [-0.1, -0.05) is 39.7 Å². The smallest absolute Gasteiger partial charge is 0.347 e. The SMILES string of the molecule is CCOC(=O)[C@@H](C)Oc1c(C=Nn2c(-c3cc4cc(Cl)ccc4o3)nc3ccccc3c2=O)cc(Br)cc1[N+](=O)[O-]. The van der Waals surface area contributed by atoms with Crippen LogP contribution in [0.1, 0.15) is 19.4 Å². The van der Waals surface area contributed by atoms with Crippen LogP contribution in [-0.2, 0) is 9.53 Å². The maximum atomic E-state index is 13.6. The number of carbonyl (C=O) groups excluding carboxylic acids is 1. The van der Waals surface area contributed by atoms with Crippen LogP contribution in [0.15, 0.2) is 79.4 Å². The average molecular weight is 640 g/mol. The fraction of sp³-hybridized carbons (Fsp3) is 0.143. The van der Waals surface area contributed by atoms with E-state index in [0.717, 1.165) is 4.68 Å². The molecule has 0 amide bonds. The number of aromatic nitrogens is 2. The van der Waals surface area contributed by atoms with E-state index in [1.165, 1.54) is 25.3 Å². The van der Waals surface area contributed by atoms with Crippen LogP contribution < -0.4 is 10.3 Å². The van der Waals surface area contributed by atoms with E-state index in [1.807, 2.05) is 0 Å². The van der Waals surface area contributed by atoms with Gasteiger partial charge in [0.25, 0.3) is 5.56 Å². The predicted molar refractivity (Wildman–Crippen MR) is 157 cm³/mol. The van der Waals surface area contributed by atoms with Gasteiger partial charge in [-0.05, 0) is 56.3 Å². The summed E-state index contributed by atoms with van der Waals surface area (Å²) in [6.07, 6.45) is 0.0521. The molecule has 11 nitrogen and oxygen atoms in total. The Morgan fingerprint density at radius 2 is 2.02 bits per heavy atom. The Hall–Kier alpha value is -4.55. The summed E-state index contributed by atoms with van der Waals surface area (Å²) in [6, 6.07) is 16.3.